The van der Waals surface area contributed by atoms with Crippen molar-refractivity contribution >= 4 is 18.0 Å². The molecule has 0 amide bonds. The van der Waals surface area contributed by atoms with Crippen LogP contribution in [-0.2, 0) is 4.74 Å². The molecule has 2 unspecified atom stereocenters. The number of ether oxygens (including phenoxy) is 1. The number of hydrogen-bond donors (Lipinski definition) is 1. The molecular weight excluding hydrogens is 468 g/mol. The molecule has 2 atom stereocenters. The van der Waals surface area contributed by atoms with Gasteiger partial charge in [-0.3, -0.25) is 4.39 Å². The van der Waals surface area contributed by atoms with Crippen molar-refractivity contribution in [2.45, 2.75) is 50.2 Å². The Bertz CT molecular complexity index is 927. The summed E-state index contributed by atoms with van der Waals surface area (Å²) < 4.78 is 38.7. The van der Waals surface area contributed by atoms with Crippen molar-refractivity contribution in [3.63, 3.8) is 0 Å². The SMILES string of the molecule is FCC1CN(SNC2CCN(c3cccnn3)CC2CO[C@H]2CC[C@@H](c3cccc(F)c3)CC2)C1. The zero-order valence-corrected chi connectivity index (χ0v) is 20.9. The molecule has 35 heavy (non-hydrogen) atoms. The molecule has 1 aromatic carbocycles. The number of nitrogens with one attached hydrogen (secondary N) is 1. The maximum Gasteiger partial charge on any atom is 0.151 e. The fourth-order valence-corrected chi connectivity index (χ4v) is 6.61. The monoisotopic (exact) mass is 503 g/mol. The average Bonchev–Trinajstić information content (AvgIpc) is 2.88. The van der Waals surface area contributed by atoms with Gasteiger partial charge < -0.3 is 9.64 Å². The Balaban J connectivity index is 1.14. The number of hydrogen-bond acceptors (Lipinski definition) is 7. The zero-order chi connectivity index (χ0) is 24.0. The zero-order valence-electron chi connectivity index (χ0n) is 20.1. The minimum Gasteiger partial charge on any atom is -0.378 e. The van der Waals surface area contributed by atoms with Gasteiger partial charge in [0.25, 0.3) is 0 Å². The van der Waals surface area contributed by atoms with Crippen LogP contribution in [0.2, 0.25) is 0 Å². The van der Waals surface area contributed by atoms with Crippen LogP contribution in [0.5, 0.6) is 0 Å². The lowest BCUT2D eigenvalue weighted by Gasteiger charge is -2.42. The lowest BCUT2D eigenvalue weighted by atomic mass is 9.82. The molecule has 0 radical (unpaired) electrons. The van der Waals surface area contributed by atoms with Gasteiger partial charge in [0.05, 0.1) is 19.4 Å². The highest BCUT2D eigenvalue weighted by Crippen LogP contribution is 2.35. The van der Waals surface area contributed by atoms with E-state index in [1.165, 1.54) is 6.07 Å². The molecule has 6 nitrogen and oxygen atoms in total. The Kier molecular flexibility index (Phi) is 8.49. The lowest BCUT2D eigenvalue weighted by molar-refractivity contribution is -0.00211. The first-order valence-corrected chi connectivity index (χ1v) is 13.6. The third-order valence-electron chi connectivity index (χ3n) is 7.63. The minimum atomic E-state index is -0.231. The third kappa shape index (κ3) is 6.50. The van der Waals surface area contributed by atoms with E-state index in [1.807, 2.05) is 24.3 Å². The Morgan fingerprint density at radius 2 is 1.91 bits per heavy atom. The van der Waals surface area contributed by atoms with Gasteiger partial charge in [-0.1, -0.05) is 12.1 Å². The highest BCUT2D eigenvalue weighted by Gasteiger charge is 2.34. The highest BCUT2D eigenvalue weighted by atomic mass is 32.2. The van der Waals surface area contributed by atoms with Crippen LogP contribution in [0.3, 0.4) is 0 Å². The molecule has 1 aromatic heterocycles. The molecule has 2 saturated heterocycles. The number of nitrogens with zero attached hydrogens (tertiary/aromatic N) is 4. The summed E-state index contributed by atoms with van der Waals surface area (Å²) in [6.45, 7) is 3.86. The molecule has 1 saturated carbocycles. The van der Waals surface area contributed by atoms with E-state index in [-0.39, 0.29) is 24.5 Å². The normalized spacial score (nSPS) is 28.1. The maximum absolute atomic E-state index is 13.6. The van der Waals surface area contributed by atoms with E-state index < -0.39 is 0 Å². The summed E-state index contributed by atoms with van der Waals surface area (Å²) in [5.41, 5.74) is 1.11. The molecule has 0 bridgehead atoms. The Morgan fingerprint density at radius 3 is 2.66 bits per heavy atom. The van der Waals surface area contributed by atoms with Crippen LogP contribution >= 0.6 is 12.1 Å². The Labute approximate surface area is 211 Å². The summed E-state index contributed by atoms with van der Waals surface area (Å²) in [4.78, 5) is 2.30. The van der Waals surface area contributed by atoms with E-state index in [9.17, 15) is 8.78 Å². The average molecular weight is 504 g/mol. The summed E-state index contributed by atoms with van der Waals surface area (Å²) in [7, 11) is 0. The van der Waals surface area contributed by atoms with Gasteiger partial charge in [0, 0.05) is 62.4 Å². The van der Waals surface area contributed by atoms with E-state index in [4.69, 9.17) is 4.74 Å². The molecular formula is C26H35F2N5OS. The van der Waals surface area contributed by atoms with Crippen LogP contribution in [-0.4, -0.2) is 66.1 Å². The van der Waals surface area contributed by atoms with Gasteiger partial charge in [0.1, 0.15) is 5.82 Å². The van der Waals surface area contributed by atoms with Gasteiger partial charge in [-0.15, -0.1) is 5.10 Å². The first-order valence-electron chi connectivity index (χ1n) is 12.8. The van der Waals surface area contributed by atoms with Crippen LogP contribution in [0.4, 0.5) is 14.6 Å². The fraction of sp³-hybridized carbons (Fsp3) is 0.615. The van der Waals surface area contributed by atoms with Crippen molar-refractivity contribution in [1.82, 2.24) is 19.2 Å². The Morgan fingerprint density at radius 1 is 1.06 bits per heavy atom. The molecule has 1 N–H and O–H groups in total. The molecule has 2 aliphatic heterocycles. The van der Waals surface area contributed by atoms with Crippen LogP contribution in [0.25, 0.3) is 0 Å². The van der Waals surface area contributed by atoms with Gasteiger partial charge in [0.2, 0.25) is 0 Å². The van der Waals surface area contributed by atoms with Gasteiger partial charge in [0.15, 0.2) is 5.82 Å². The smallest absolute Gasteiger partial charge is 0.151 e. The topological polar surface area (TPSA) is 53.5 Å². The molecule has 0 spiro atoms. The molecule has 9 heteroatoms. The summed E-state index contributed by atoms with van der Waals surface area (Å²) in [6.07, 6.45) is 7.03. The number of aromatic nitrogens is 2. The number of rotatable bonds is 9. The third-order valence-corrected chi connectivity index (χ3v) is 8.60. The van der Waals surface area contributed by atoms with Crippen molar-refractivity contribution in [1.29, 1.82) is 0 Å². The highest BCUT2D eigenvalue weighted by molar-refractivity contribution is 7.95. The summed E-state index contributed by atoms with van der Waals surface area (Å²) >= 11 is 1.63. The van der Waals surface area contributed by atoms with Gasteiger partial charge in [-0.05, 0) is 67.9 Å². The van der Waals surface area contributed by atoms with Gasteiger partial charge >= 0.3 is 0 Å². The summed E-state index contributed by atoms with van der Waals surface area (Å²) in [5, 5.41) is 8.36. The fourth-order valence-electron chi connectivity index (χ4n) is 5.45. The maximum atomic E-state index is 13.6. The quantitative estimate of drug-likeness (QED) is 0.502. The second kappa shape index (κ2) is 12.0. The molecule has 3 heterocycles. The van der Waals surface area contributed by atoms with Crippen LogP contribution < -0.4 is 9.62 Å². The summed E-state index contributed by atoms with van der Waals surface area (Å²) in [5.74, 6) is 1.68. The van der Waals surface area contributed by atoms with Crippen molar-refractivity contribution < 1.29 is 13.5 Å². The number of halogens is 2. The van der Waals surface area contributed by atoms with Crippen LogP contribution in [0.15, 0.2) is 42.6 Å². The van der Waals surface area contributed by atoms with Gasteiger partial charge in [-0.25, -0.2) is 13.4 Å². The van der Waals surface area contributed by atoms with Crippen LogP contribution in [0, 0.1) is 17.7 Å². The minimum absolute atomic E-state index is 0.152. The standard InChI is InChI=1S/C26H35F2N5OS/c27-14-19-15-33(16-19)35-31-25-10-12-32(26-5-2-11-29-30-26)17-22(25)18-34-24-8-6-20(7-9-24)21-3-1-4-23(28)13-21/h1-5,11,13,19-20,22,24-25,31H,6-10,12,14-18H2/t20-,22?,24+,25?. The van der Waals surface area contributed by atoms with Crippen molar-refractivity contribution in [2.75, 3.05) is 44.4 Å². The largest absolute Gasteiger partial charge is 0.378 e. The molecule has 3 aliphatic rings. The first kappa shape index (κ1) is 24.9. The molecule has 5 rings (SSSR count). The van der Waals surface area contributed by atoms with Crippen molar-refractivity contribution in [3.8, 4) is 0 Å². The number of piperidine rings is 1. The number of benzene rings is 1. The van der Waals surface area contributed by atoms with Gasteiger partial charge in [-0.2, -0.15) is 5.10 Å². The first-order chi connectivity index (χ1) is 17.2. The molecule has 3 fully saturated rings. The Hall–Kier alpha value is -1.81. The second-order valence-electron chi connectivity index (χ2n) is 10.1. The van der Waals surface area contributed by atoms with Crippen LogP contribution in [0.1, 0.15) is 43.6 Å². The number of anilines is 1. The second-order valence-corrected chi connectivity index (χ2v) is 11.1. The number of alkyl halides is 1. The lowest BCUT2D eigenvalue weighted by Crippen LogP contribution is -2.52. The predicted octanol–water partition coefficient (Wildman–Crippen LogP) is 4.61. The van der Waals surface area contributed by atoms with E-state index in [0.717, 1.165) is 69.7 Å². The molecule has 1 aliphatic carbocycles. The predicted molar refractivity (Wildman–Crippen MR) is 135 cm³/mol. The van der Waals surface area contributed by atoms with E-state index in [0.29, 0.717) is 24.5 Å². The molecule has 190 valence electrons. The van der Waals surface area contributed by atoms with Crippen molar-refractivity contribution in [2.24, 2.45) is 11.8 Å². The summed E-state index contributed by atoms with van der Waals surface area (Å²) in [6, 6.07) is 11.3. The van der Waals surface area contributed by atoms with E-state index >= 15 is 0 Å². The molecule has 2 aromatic rings. The van der Waals surface area contributed by atoms with E-state index in [1.54, 1.807) is 24.4 Å². The van der Waals surface area contributed by atoms with E-state index in [2.05, 4.69) is 24.1 Å². The van der Waals surface area contributed by atoms with Crippen molar-refractivity contribution in [3.05, 3.63) is 54.0 Å².